The molecule has 1 saturated carbocycles. The maximum absolute atomic E-state index is 13.8. The second-order valence-electron chi connectivity index (χ2n) is 10.4. The van der Waals surface area contributed by atoms with Crippen LogP contribution in [0, 0.1) is 0 Å². The van der Waals surface area contributed by atoms with Crippen LogP contribution in [0.2, 0.25) is 0 Å². The number of rotatable bonds is 8. The summed E-state index contributed by atoms with van der Waals surface area (Å²) in [6.45, 7) is 0.965. The molecule has 2 amide bonds. The molecule has 11 heteroatoms. The first kappa shape index (κ1) is 27.4. The predicted molar refractivity (Wildman–Crippen MR) is 142 cm³/mol. The summed E-state index contributed by atoms with van der Waals surface area (Å²) in [6.07, 6.45) is -1.72. The number of halogens is 3. The number of nitrogens with zero attached hydrogens (tertiary/aromatic N) is 3. The number of nitrogens with two attached hydrogens (primary N) is 1. The minimum absolute atomic E-state index is 0.00583. The van der Waals surface area contributed by atoms with E-state index in [4.69, 9.17) is 10.8 Å². The van der Waals surface area contributed by atoms with Gasteiger partial charge in [0.05, 0.1) is 16.7 Å². The standard InChI is InChI=1S/C29H30F3N5O3/c30-29(31,32)23-17-34-26(35-21-8-5-18(6-9-21)19-11-15-37(16-12-19)27(39)40)36-24(23)10-7-20-3-1-2-4-22(20)28(13-14-28)25(33)38/h1-6,8-9,17,19H,7,10-16H2,(H2,33,38)(H,39,40)(H,34,35,36). The molecule has 4 N–H and O–H groups in total. The van der Waals surface area contributed by atoms with Crippen LogP contribution in [0.25, 0.3) is 0 Å². The third-order valence-corrected chi connectivity index (χ3v) is 7.96. The van der Waals surface area contributed by atoms with E-state index in [1.165, 1.54) is 4.90 Å². The molecule has 0 bridgehead atoms. The number of aromatic nitrogens is 2. The summed E-state index contributed by atoms with van der Waals surface area (Å²) in [5.74, 6) is -0.124. The van der Waals surface area contributed by atoms with Crippen LogP contribution in [-0.2, 0) is 29.2 Å². The third-order valence-electron chi connectivity index (χ3n) is 7.96. The summed E-state index contributed by atoms with van der Waals surface area (Å²) in [7, 11) is 0. The van der Waals surface area contributed by atoms with E-state index in [9.17, 15) is 22.8 Å². The lowest BCUT2D eigenvalue weighted by Crippen LogP contribution is -2.36. The Labute approximate surface area is 229 Å². The maximum atomic E-state index is 13.8. The molecule has 3 aromatic rings. The molecule has 5 rings (SSSR count). The average molecular weight is 554 g/mol. The number of primary amides is 1. The van der Waals surface area contributed by atoms with Crippen molar-refractivity contribution in [3.63, 3.8) is 0 Å². The summed E-state index contributed by atoms with van der Waals surface area (Å²) < 4.78 is 41.4. The quantitative estimate of drug-likeness (QED) is 0.344. The SMILES string of the molecule is NC(=O)C1(c2ccccc2CCc2nc(Nc3ccc(C4CCN(C(=O)O)CC4)cc3)ncc2C(F)(F)F)CC1. The van der Waals surface area contributed by atoms with Gasteiger partial charge in [-0.3, -0.25) is 4.79 Å². The predicted octanol–water partition coefficient (Wildman–Crippen LogP) is 5.40. The van der Waals surface area contributed by atoms with Crippen LogP contribution in [0.3, 0.4) is 0 Å². The first-order valence-corrected chi connectivity index (χ1v) is 13.2. The first-order chi connectivity index (χ1) is 19.1. The number of carboxylic acid groups (broad SMARTS) is 1. The number of alkyl halides is 3. The summed E-state index contributed by atoms with van der Waals surface area (Å²) in [5, 5.41) is 12.1. The first-order valence-electron chi connectivity index (χ1n) is 13.2. The molecular weight excluding hydrogens is 523 g/mol. The highest BCUT2D eigenvalue weighted by molar-refractivity contribution is 5.90. The molecule has 2 fully saturated rings. The summed E-state index contributed by atoms with van der Waals surface area (Å²) in [5.41, 5.74) is 7.14. The molecule has 1 saturated heterocycles. The second kappa shape index (κ2) is 10.8. The van der Waals surface area contributed by atoms with Gasteiger partial charge in [0.1, 0.15) is 0 Å². The lowest BCUT2D eigenvalue weighted by Gasteiger charge is -2.30. The number of anilines is 2. The number of likely N-dealkylation sites (tertiary alicyclic amines) is 1. The highest BCUT2D eigenvalue weighted by Crippen LogP contribution is 2.49. The van der Waals surface area contributed by atoms with Crippen molar-refractivity contribution in [2.45, 2.75) is 56.0 Å². The molecule has 1 aliphatic heterocycles. The van der Waals surface area contributed by atoms with E-state index < -0.39 is 29.2 Å². The molecule has 2 aliphatic rings. The van der Waals surface area contributed by atoms with Crippen molar-refractivity contribution in [2.75, 3.05) is 18.4 Å². The zero-order valence-corrected chi connectivity index (χ0v) is 21.7. The zero-order chi connectivity index (χ0) is 28.5. The lowest BCUT2D eigenvalue weighted by atomic mass is 9.88. The van der Waals surface area contributed by atoms with Gasteiger partial charge >= 0.3 is 12.3 Å². The van der Waals surface area contributed by atoms with Gasteiger partial charge in [0.25, 0.3) is 0 Å². The maximum Gasteiger partial charge on any atom is 0.419 e. The number of benzene rings is 2. The molecule has 1 aliphatic carbocycles. The number of carbonyl (C=O) groups excluding carboxylic acids is 1. The van der Waals surface area contributed by atoms with Crippen molar-refractivity contribution in [3.8, 4) is 0 Å². The number of hydrogen-bond acceptors (Lipinski definition) is 5. The minimum Gasteiger partial charge on any atom is -0.465 e. The van der Waals surface area contributed by atoms with Crippen molar-refractivity contribution >= 4 is 23.6 Å². The van der Waals surface area contributed by atoms with Gasteiger partial charge in [0, 0.05) is 25.0 Å². The molecule has 0 spiro atoms. The van der Waals surface area contributed by atoms with E-state index in [2.05, 4.69) is 15.3 Å². The van der Waals surface area contributed by atoms with Crippen LogP contribution in [0.1, 0.15) is 59.5 Å². The van der Waals surface area contributed by atoms with Gasteiger partial charge in [-0.25, -0.2) is 14.8 Å². The highest BCUT2D eigenvalue weighted by Gasteiger charge is 2.50. The van der Waals surface area contributed by atoms with Gasteiger partial charge in [-0.1, -0.05) is 36.4 Å². The number of hydrogen-bond donors (Lipinski definition) is 3. The summed E-state index contributed by atoms with van der Waals surface area (Å²) in [6, 6.07) is 14.7. The molecule has 210 valence electrons. The van der Waals surface area contributed by atoms with E-state index in [-0.39, 0.29) is 30.4 Å². The van der Waals surface area contributed by atoms with E-state index in [1.807, 2.05) is 36.4 Å². The van der Waals surface area contributed by atoms with Crippen LogP contribution in [0.15, 0.2) is 54.7 Å². The molecule has 0 unspecified atom stereocenters. The van der Waals surface area contributed by atoms with Gasteiger partial charge in [-0.15, -0.1) is 0 Å². The van der Waals surface area contributed by atoms with Crippen LogP contribution < -0.4 is 11.1 Å². The van der Waals surface area contributed by atoms with E-state index in [1.54, 1.807) is 12.1 Å². The number of piperidine rings is 1. The summed E-state index contributed by atoms with van der Waals surface area (Å²) >= 11 is 0. The normalized spacial score (nSPS) is 16.9. The van der Waals surface area contributed by atoms with Crippen molar-refractivity contribution in [2.24, 2.45) is 5.73 Å². The van der Waals surface area contributed by atoms with E-state index in [0.29, 0.717) is 31.6 Å². The van der Waals surface area contributed by atoms with Gasteiger partial charge in [-0.05, 0) is 73.3 Å². The molecular formula is C29H30F3N5O3. The Morgan fingerprint density at radius 2 is 1.73 bits per heavy atom. The highest BCUT2D eigenvalue weighted by atomic mass is 19.4. The van der Waals surface area contributed by atoms with Crippen molar-refractivity contribution in [3.05, 3.63) is 82.7 Å². The zero-order valence-electron chi connectivity index (χ0n) is 21.7. The van der Waals surface area contributed by atoms with Crippen LogP contribution in [-0.4, -0.2) is 45.1 Å². The Morgan fingerprint density at radius 3 is 2.33 bits per heavy atom. The Hall–Kier alpha value is -4.15. The van der Waals surface area contributed by atoms with Crippen molar-refractivity contribution < 1.29 is 27.9 Å². The van der Waals surface area contributed by atoms with Crippen LogP contribution >= 0.6 is 0 Å². The van der Waals surface area contributed by atoms with E-state index >= 15 is 0 Å². The van der Waals surface area contributed by atoms with Crippen molar-refractivity contribution in [1.29, 1.82) is 0 Å². The topological polar surface area (TPSA) is 121 Å². The van der Waals surface area contributed by atoms with Gasteiger partial charge < -0.3 is 21.1 Å². The summed E-state index contributed by atoms with van der Waals surface area (Å²) in [4.78, 5) is 32.8. The smallest absolute Gasteiger partial charge is 0.419 e. The third kappa shape index (κ3) is 5.73. The Kier molecular flexibility index (Phi) is 7.39. The minimum atomic E-state index is -4.61. The fraction of sp³-hybridized carbons (Fsp3) is 0.379. The molecule has 1 aromatic heterocycles. The fourth-order valence-electron chi connectivity index (χ4n) is 5.51. The molecule has 2 heterocycles. The number of nitrogens with one attached hydrogen (secondary N) is 1. The number of carbonyl (C=O) groups is 2. The fourth-order valence-corrected chi connectivity index (χ4v) is 5.51. The molecule has 0 radical (unpaired) electrons. The Morgan fingerprint density at radius 1 is 1.05 bits per heavy atom. The molecule has 0 atom stereocenters. The number of amides is 2. The molecule has 8 nitrogen and oxygen atoms in total. The van der Waals surface area contributed by atoms with Gasteiger partial charge in [0.2, 0.25) is 11.9 Å². The molecule has 2 aromatic carbocycles. The Balaban J connectivity index is 1.31. The molecule has 40 heavy (non-hydrogen) atoms. The monoisotopic (exact) mass is 553 g/mol. The van der Waals surface area contributed by atoms with Gasteiger partial charge in [-0.2, -0.15) is 13.2 Å². The van der Waals surface area contributed by atoms with Crippen LogP contribution in [0.5, 0.6) is 0 Å². The second-order valence-corrected chi connectivity index (χ2v) is 10.4. The lowest BCUT2D eigenvalue weighted by molar-refractivity contribution is -0.138. The average Bonchev–Trinajstić information content (AvgIpc) is 3.74. The van der Waals surface area contributed by atoms with Crippen molar-refractivity contribution in [1.82, 2.24) is 14.9 Å². The largest absolute Gasteiger partial charge is 0.465 e. The van der Waals surface area contributed by atoms with Gasteiger partial charge in [0.15, 0.2) is 0 Å². The Bertz CT molecular complexity index is 1400. The van der Waals surface area contributed by atoms with Crippen LogP contribution in [0.4, 0.5) is 29.6 Å². The number of aryl methyl sites for hydroxylation is 2. The van der Waals surface area contributed by atoms with E-state index in [0.717, 1.165) is 35.7 Å².